The van der Waals surface area contributed by atoms with Crippen molar-refractivity contribution in [3.63, 3.8) is 0 Å². The first-order valence-electron chi connectivity index (χ1n) is 5.08. The Bertz CT molecular complexity index is 176. The second-order valence-corrected chi connectivity index (χ2v) is 3.98. The Hall–Kier alpha value is -0.570. The third-order valence-electron chi connectivity index (χ3n) is 2.70. The summed E-state index contributed by atoms with van der Waals surface area (Å²) in [4.78, 5) is 13.6. The predicted molar refractivity (Wildman–Crippen MR) is 51.3 cm³/mol. The Morgan fingerprint density at radius 3 is 2.46 bits per heavy atom. The van der Waals surface area contributed by atoms with Crippen molar-refractivity contribution in [2.75, 3.05) is 13.2 Å². The first kappa shape index (κ1) is 10.5. The molecule has 0 aromatic carbocycles. The van der Waals surface area contributed by atoms with Gasteiger partial charge in [-0.15, -0.1) is 0 Å². The van der Waals surface area contributed by atoms with E-state index in [4.69, 9.17) is 5.11 Å². The lowest BCUT2D eigenvalue weighted by molar-refractivity contribution is -0.140. The largest absolute Gasteiger partial charge is 0.395 e. The topological polar surface area (TPSA) is 40.5 Å². The Morgan fingerprint density at radius 1 is 1.54 bits per heavy atom. The van der Waals surface area contributed by atoms with E-state index in [1.165, 1.54) is 6.42 Å². The van der Waals surface area contributed by atoms with Gasteiger partial charge in [-0.1, -0.05) is 6.42 Å². The van der Waals surface area contributed by atoms with Crippen molar-refractivity contribution in [3.05, 3.63) is 0 Å². The molecular weight excluding hydrogens is 166 g/mol. The SMILES string of the molecule is CC(C)N(CCO)C(=O)C1CCC1. The molecule has 13 heavy (non-hydrogen) atoms. The van der Waals surface area contributed by atoms with Crippen molar-refractivity contribution in [2.45, 2.75) is 39.2 Å². The highest BCUT2D eigenvalue weighted by atomic mass is 16.3. The van der Waals surface area contributed by atoms with Gasteiger partial charge in [0.15, 0.2) is 0 Å². The minimum Gasteiger partial charge on any atom is -0.395 e. The molecule has 0 heterocycles. The summed E-state index contributed by atoms with van der Waals surface area (Å²) in [6.07, 6.45) is 3.25. The first-order valence-corrected chi connectivity index (χ1v) is 5.08. The molecule has 1 amide bonds. The van der Waals surface area contributed by atoms with Gasteiger partial charge in [-0.2, -0.15) is 0 Å². The Balaban J connectivity index is 2.47. The summed E-state index contributed by atoms with van der Waals surface area (Å²) in [6, 6.07) is 0.209. The van der Waals surface area contributed by atoms with Crippen molar-refractivity contribution in [3.8, 4) is 0 Å². The summed E-state index contributed by atoms with van der Waals surface area (Å²) in [7, 11) is 0. The summed E-state index contributed by atoms with van der Waals surface area (Å²) in [6.45, 7) is 4.53. The summed E-state index contributed by atoms with van der Waals surface area (Å²) in [5.41, 5.74) is 0. The number of carbonyl (C=O) groups is 1. The molecule has 3 heteroatoms. The van der Waals surface area contributed by atoms with Crippen molar-refractivity contribution in [1.82, 2.24) is 4.90 Å². The molecule has 1 N–H and O–H groups in total. The van der Waals surface area contributed by atoms with Gasteiger partial charge in [0.25, 0.3) is 0 Å². The fourth-order valence-corrected chi connectivity index (χ4v) is 1.62. The van der Waals surface area contributed by atoms with Crippen LogP contribution in [0.25, 0.3) is 0 Å². The lowest BCUT2D eigenvalue weighted by atomic mass is 9.84. The maximum atomic E-state index is 11.8. The van der Waals surface area contributed by atoms with Crippen molar-refractivity contribution in [1.29, 1.82) is 0 Å². The Morgan fingerprint density at radius 2 is 2.15 bits per heavy atom. The molecule has 0 radical (unpaired) electrons. The lowest BCUT2D eigenvalue weighted by Gasteiger charge is -2.33. The van der Waals surface area contributed by atoms with E-state index >= 15 is 0 Å². The van der Waals surface area contributed by atoms with E-state index in [2.05, 4.69) is 0 Å². The third-order valence-corrected chi connectivity index (χ3v) is 2.70. The molecule has 1 aliphatic rings. The van der Waals surface area contributed by atoms with E-state index in [0.717, 1.165) is 12.8 Å². The normalized spacial score (nSPS) is 17.2. The average molecular weight is 185 g/mol. The Labute approximate surface area is 79.7 Å². The molecule has 1 aliphatic carbocycles. The quantitative estimate of drug-likeness (QED) is 0.710. The Kier molecular flexibility index (Phi) is 3.72. The molecule has 0 aliphatic heterocycles. The van der Waals surface area contributed by atoms with E-state index in [1.54, 1.807) is 4.90 Å². The predicted octanol–water partition coefficient (Wildman–Crippen LogP) is 1.02. The average Bonchev–Trinajstić information content (AvgIpc) is 1.95. The molecule has 0 spiro atoms. The molecular formula is C10H19NO2. The van der Waals surface area contributed by atoms with Crippen LogP contribution in [0.4, 0.5) is 0 Å². The van der Waals surface area contributed by atoms with Crippen LogP contribution in [0, 0.1) is 5.92 Å². The highest BCUT2D eigenvalue weighted by molar-refractivity contribution is 5.79. The lowest BCUT2D eigenvalue weighted by Crippen LogP contribution is -2.44. The molecule has 0 atom stereocenters. The van der Waals surface area contributed by atoms with Crippen LogP contribution in [-0.4, -0.2) is 35.1 Å². The number of hydrogen-bond donors (Lipinski definition) is 1. The van der Waals surface area contributed by atoms with E-state index in [9.17, 15) is 4.79 Å². The van der Waals surface area contributed by atoms with Crippen LogP contribution in [0.1, 0.15) is 33.1 Å². The second-order valence-electron chi connectivity index (χ2n) is 3.98. The van der Waals surface area contributed by atoms with Crippen LogP contribution in [-0.2, 0) is 4.79 Å². The number of amides is 1. The van der Waals surface area contributed by atoms with E-state index in [1.807, 2.05) is 13.8 Å². The number of rotatable bonds is 4. The minimum atomic E-state index is 0.0661. The minimum absolute atomic E-state index is 0.0661. The molecule has 0 unspecified atom stereocenters. The van der Waals surface area contributed by atoms with Crippen LogP contribution in [0.3, 0.4) is 0 Å². The van der Waals surface area contributed by atoms with Crippen LogP contribution in [0.2, 0.25) is 0 Å². The molecule has 76 valence electrons. The van der Waals surface area contributed by atoms with Gasteiger partial charge < -0.3 is 10.0 Å². The van der Waals surface area contributed by atoms with Gasteiger partial charge in [-0.3, -0.25) is 4.79 Å². The standard InChI is InChI=1S/C10H19NO2/c1-8(2)11(6-7-12)10(13)9-4-3-5-9/h8-9,12H,3-7H2,1-2H3. The van der Waals surface area contributed by atoms with Gasteiger partial charge in [0, 0.05) is 18.5 Å². The second kappa shape index (κ2) is 4.61. The number of hydrogen-bond acceptors (Lipinski definition) is 2. The zero-order valence-electron chi connectivity index (χ0n) is 8.49. The van der Waals surface area contributed by atoms with Gasteiger partial charge in [0.2, 0.25) is 5.91 Å². The number of aliphatic hydroxyl groups is 1. The highest BCUT2D eigenvalue weighted by Crippen LogP contribution is 2.28. The van der Waals surface area contributed by atoms with Gasteiger partial charge in [0.1, 0.15) is 0 Å². The van der Waals surface area contributed by atoms with Crippen molar-refractivity contribution >= 4 is 5.91 Å². The van der Waals surface area contributed by atoms with Gasteiger partial charge >= 0.3 is 0 Å². The molecule has 1 fully saturated rings. The zero-order valence-corrected chi connectivity index (χ0v) is 8.49. The fourth-order valence-electron chi connectivity index (χ4n) is 1.62. The number of carbonyl (C=O) groups excluding carboxylic acids is 1. The smallest absolute Gasteiger partial charge is 0.225 e. The van der Waals surface area contributed by atoms with E-state index < -0.39 is 0 Å². The summed E-state index contributed by atoms with van der Waals surface area (Å²) < 4.78 is 0. The van der Waals surface area contributed by atoms with Crippen LogP contribution >= 0.6 is 0 Å². The maximum absolute atomic E-state index is 11.8. The summed E-state index contributed by atoms with van der Waals surface area (Å²) in [5, 5.41) is 8.81. The number of aliphatic hydroxyl groups excluding tert-OH is 1. The summed E-state index contributed by atoms with van der Waals surface area (Å²) in [5.74, 6) is 0.476. The van der Waals surface area contributed by atoms with Gasteiger partial charge in [-0.25, -0.2) is 0 Å². The van der Waals surface area contributed by atoms with Gasteiger partial charge in [-0.05, 0) is 26.7 Å². The zero-order chi connectivity index (χ0) is 9.84. The molecule has 0 aromatic heterocycles. The molecule has 1 rings (SSSR count). The van der Waals surface area contributed by atoms with Crippen LogP contribution in [0.5, 0.6) is 0 Å². The van der Waals surface area contributed by atoms with Crippen molar-refractivity contribution < 1.29 is 9.90 Å². The number of nitrogens with zero attached hydrogens (tertiary/aromatic N) is 1. The molecule has 0 aromatic rings. The monoisotopic (exact) mass is 185 g/mol. The molecule has 0 bridgehead atoms. The fraction of sp³-hybridized carbons (Fsp3) is 0.900. The highest BCUT2D eigenvalue weighted by Gasteiger charge is 2.30. The third kappa shape index (κ3) is 2.44. The first-order chi connectivity index (χ1) is 6.16. The maximum Gasteiger partial charge on any atom is 0.225 e. The molecule has 1 saturated carbocycles. The van der Waals surface area contributed by atoms with Gasteiger partial charge in [0.05, 0.1) is 6.61 Å². The molecule has 0 saturated heterocycles. The van der Waals surface area contributed by atoms with Crippen LogP contribution in [0.15, 0.2) is 0 Å². The molecule has 3 nitrogen and oxygen atoms in total. The van der Waals surface area contributed by atoms with E-state index in [-0.39, 0.29) is 24.5 Å². The summed E-state index contributed by atoms with van der Waals surface area (Å²) >= 11 is 0. The van der Waals surface area contributed by atoms with Crippen molar-refractivity contribution in [2.24, 2.45) is 5.92 Å². The van der Waals surface area contributed by atoms with Crippen LogP contribution < -0.4 is 0 Å². The van der Waals surface area contributed by atoms with E-state index in [0.29, 0.717) is 6.54 Å².